The highest BCUT2D eigenvalue weighted by Gasteiger charge is 2.30. The number of benzene rings is 1. The maximum atomic E-state index is 11.8. The lowest BCUT2D eigenvalue weighted by Gasteiger charge is -2.34. The molecule has 1 unspecified atom stereocenters. The van der Waals surface area contributed by atoms with Crippen LogP contribution in [0.1, 0.15) is 81.0 Å². The van der Waals surface area contributed by atoms with Gasteiger partial charge in [0, 0.05) is 24.3 Å². The highest BCUT2D eigenvalue weighted by molar-refractivity contribution is 5.93. The fraction of sp³-hybridized carbons (Fsp3) is 0.724. The van der Waals surface area contributed by atoms with Crippen molar-refractivity contribution >= 4 is 17.6 Å². The van der Waals surface area contributed by atoms with E-state index in [4.69, 9.17) is 5.21 Å². The molecular formula is C29H46N4O4. The molecule has 5 N–H and O–H groups in total. The molecule has 0 radical (unpaired) electrons. The first kappa shape index (κ1) is 27.9. The van der Waals surface area contributed by atoms with Crippen molar-refractivity contribution in [3.63, 3.8) is 0 Å². The number of piperidine rings is 1. The number of amides is 1. The average Bonchev–Trinajstić information content (AvgIpc) is 2.94. The Morgan fingerprint density at radius 1 is 0.811 bits per heavy atom. The number of anilines is 1. The Kier molecular flexibility index (Phi) is 10.6. The molecule has 1 heterocycles. The molecule has 37 heavy (non-hydrogen) atoms. The zero-order valence-corrected chi connectivity index (χ0v) is 22.2. The van der Waals surface area contributed by atoms with Crippen molar-refractivity contribution in [3.8, 4) is 0 Å². The van der Waals surface area contributed by atoms with E-state index in [9.17, 15) is 14.7 Å². The molecule has 2 aliphatic carbocycles. The van der Waals surface area contributed by atoms with Crippen molar-refractivity contribution in [2.24, 2.45) is 23.7 Å². The third-order valence-electron chi connectivity index (χ3n) is 9.06. The molecule has 1 aliphatic heterocycles. The minimum absolute atomic E-state index is 0.305. The number of hydrogen-bond donors (Lipinski definition) is 5. The van der Waals surface area contributed by atoms with E-state index in [1.54, 1.807) is 17.6 Å². The van der Waals surface area contributed by atoms with Crippen LogP contribution in [0.5, 0.6) is 0 Å². The fourth-order valence-corrected chi connectivity index (χ4v) is 6.63. The van der Waals surface area contributed by atoms with E-state index >= 15 is 0 Å². The molecule has 3 aliphatic rings. The smallest absolute Gasteiger partial charge is 0.320 e. The van der Waals surface area contributed by atoms with E-state index in [2.05, 4.69) is 15.5 Å². The number of hydroxylamine groups is 1. The summed E-state index contributed by atoms with van der Waals surface area (Å²) in [6.07, 6.45) is 12.9. The lowest BCUT2D eigenvalue weighted by atomic mass is 9.80. The summed E-state index contributed by atoms with van der Waals surface area (Å²) in [4.78, 5) is 25.7. The van der Waals surface area contributed by atoms with Crippen molar-refractivity contribution in [1.82, 2.24) is 16.1 Å². The van der Waals surface area contributed by atoms with Crippen LogP contribution in [0.3, 0.4) is 0 Å². The summed E-state index contributed by atoms with van der Waals surface area (Å²) in [5.74, 6) is 1.20. The number of aliphatic carboxylic acids is 1. The normalized spacial score (nSPS) is 24.5. The van der Waals surface area contributed by atoms with Gasteiger partial charge in [-0.05, 0) is 119 Å². The Morgan fingerprint density at radius 3 is 1.95 bits per heavy atom. The number of nitrogens with zero attached hydrogens (tertiary/aromatic N) is 1. The molecule has 1 atom stereocenters. The molecule has 1 saturated heterocycles. The van der Waals surface area contributed by atoms with Crippen LogP contribution in [-0.2, 0) is 4.79 Å². The molecule has 0 aromatic heterocycles. The second-order valence-electron chi connectivity index (χ2n) is 11.6. The van der Waals surface area contributed by atoms with Gasteiger partial charge in [-0.3, -0.25) is 14.8 Å². The first-order valence-corrected chi connectivity index (χ1v) is 14.5. The number of nitrogens with one attached hydrogen (secondary N) is 3. The van der Waals surface area contributed by atoms with Gasteiger partial charge in [-0.2, -0.15) is 0 Å². The van der Waals surface area contributed by atoms with Crippen LogP contribution in [0.2, 0.25) is 0 Å². The lowest BCUT2D eigenvalue weighted by molar-refractivity contribution is -0.141. The van der Waals surface area contributed by atoms with Gasteiger partial charge in [0.15, 0.2) is 0 Å². The minimum Gasteiger partial charge on any atom is -0.480 e. The van der Waals surface area contributed by atoms with Gasteiger partial charge in [0.25, 0.3) is 5.91 Å². The summed E-state index contributed by atoms with van der Waals surface area (Å²) in [5.41, 5.74) is 3.26. The Hall–Kier alpha value is -2.16. The minimum atomic E-state index is -0.666. The topological polar surface area (TPSA) is 114 Å². The predicted octanol–water partition coefficient (Wildman–Crippen LogP) is 4.04. The molecule has 1 aromatic rings. The van der Waals surface area contributed by atoms with Crippen LogP contribution in [0.15, 0.2) is 24.3 Å². The third-order valence-corrected chi connectivity index (χ3v) is 9.06. The van der Waals surface area contributed by atoms with Gasteiger partial charge >= 0.3 is 5.97 Å². The van der Waals surface area contributed by atoms with Gasteiger partial charge in [-0.15, -0.1) is 0 Å². The van der Waals surface area contributed by atoms with Crippen molar-refractivity contribution in [1.29, 1.82) is 0 Å². The van der Waals surface area contributed by atoms with E-state index in [-0.39, 0.29) is 6.04 Å². The summed E-state index contributed by atoms with van der Waals surface area (Å²) in [5, 5.41) is 25.7. The molecule has 0 spiro atoms. The summed E-state index contributed by atoms with van der Waals surface area (Å²) < 4.78 is 0. The Bertz CT molecular complexity index is 842. The largest absolute Gasteiger partial charge is 0.480 e. The molecule has 8 heteroatoms. The van der Waals surface area contributed by atoms with E-state index in [0.29, 0.717) is 23.3 Å². The van der Waals surface area contributed by atoms with Gasteiger partial charge in [-0.25, -0.2) is 5.48 Å². The number of carbonyl (C=O) groups is 2. The standard InChI is InChI=1S/C29H46N4O4/c34-28(32-37)25-10-12-26(13-11-25)33-16-14-23(15-17-33)19-30-18-21-6-8-22(9-7-21)20-31-27(29(35)36)24-4-2-1-3-5-24/h10-13,21-24,27,30-31,37H,1-9,14-20H2,(H,32,34)(H,35,36). The predicted molar refractivity (Wildman–Crippen MR) is 145 cm³/mol. The highest BCUT2D eigenvalue weighted by atomic mass is 16.5. The first-order chi connectivity index (χ1) is 18.0. The van der Waals surface area contributed by atoms with E-state index in [1.807, 2.05) is 12.1 Å². The van der Waals surface area contributed by atoms with Crippen LogP contribution in [-0.4, -0.2) is 61.0 Å². The molecule has 1 amide bonds. The van der Waals surface area contributed by atoms with Crippen LogP contribution in [0.25, 0.3) is 0 Å². The maximum absolute atomic E-state index is 11.8. The van der Waals surface area contributed by atoms with Gasteiger partial charge in [0.1, 0.15) is 6.04 Å². The monoisotopic (exact) mass is 514 g/mol. The molecule has 1 aromatic carbocycles. The third kappa shape index (κ3) is 8.16. The van der Waals surface area contributed by atoms with Crippen LogP contribution in [0, 0.1) is 23.7 Å². The SMILES string of the molecule is O=C(NO)c1ccc(N2CCC(CNCC3CCC(CNC(C(=O)O)C4CCCCC4)CC3)CC2)cc1. The number of rotatable bonds is 11. The molecule has 2 saturated carbocycles. The second-order valence-corrected chi connectivity index (χ2v) is 11.6. The summed E-state index contributed by atoms with van der Waals surface area (Å²) >= 11 is 0. The zero-order valence-electron chi connectivity index (χ0n) is 22.2. The number of carbonyl (C=O) groups excluding carboxylic acids is 1. The van der Waals surface area contributed by atoms with Crippen molar-refractivity contribution in [2.45, 2.75) is 76.7 Å². The Morgan fingerprint density at radius 2 is 1.38 bits per heavy atom. The number of carboxylic acid groups (broad SMARTS) is 1. The summed E-state index contributed by atoms with van der Waals surface area (Å²) in [6.45, 7) is 5.06. The van der Waals surface area contributed by atoms with E-state index in [1.165, 1.54) is 44.9 Å². The van der Waals surface area contributed by atoms with Gasteiger partial charge in [0.2, 0.25) is 0 Å². The Balaban J connectivity index is 1.08. The average molecular weight is 515 g/mol. The highest BCUT2D eigenvalue weighted by Crippen LogP contribution is 2.30. The molecule has 4 rings (SSSR count). The van der Waals surface area contributed by atoms with Crippen LogP contribution in [0.4, 0.5) is 5.69 Å². The van der Waals surface area contributed by atoms with Crippen LogP contribution >= 0.6 is 0 Å². The first-order valence-electron chi connectivity index (χ1n) is 14.5. The summed E-state index contributed by atoms with van der Waals surface area (Å²) in [7, 11) is 0. The Labute approximate surface area is 221 Å². The quantitative estimate of drug-likeness (QED) is 0.224. The van der Waals surface area contributed by atoms with Gasteiger partial charge in [-0.1, -0.05) is 19.3 Å². The van der Waals surface area contributed by atoms with E-state index in [0.717, 1.165) is 70.0 Å². The molecular weight excluding hydrogens is 468 g/mol. The molecule has 8 nitrogen and oxygen atoms in total. The number of hydrogen-bond acceptors (Lipinski definition) is 6. The van der Waals surface area contributed by atoms with Gasteiger partial charge < -0.3 is 20.6 Å². The van der Waals surface area contributed by atoms with Crippen molar-refractivity contribution in [3.05, 3.63) is 29.8 Å². The molecule has 206 valence electrons. The summed E-state index contributed by atoms with van der Waals surface area (Å²) in [6, 6.07) is 7.04. The van der Waals surface area contributed by atoms with E-state index < -0.39 is 11.9 Å². The number of carboxylic acids is 1. The maximum Gasteiger partial charge on any atom is 0.320 e. The van der Waals surface area contributed by atoms with Crippen molar-refractivity contribution < 1.29 is 19.9 Å². The molecule has 0 bridgehead atoms. The fourth-order valence-electron chi connectivity index (χ4n) is 6.63. The van der Waals surface area contributed by atoms with Crippen molar-refractivity contribution in [2.75, 3.05) is 37.6 Å². The van der Waals surface area contributed by atoms with Gasteiger partial charge in [0.05, 0.1) is 0 Å². The second kappa shape index (κ2) is 14.1. The lowest BCUT2D eigenvalue weighted by Crippen LogP contribution is -2.46. The van der Waals surface area contributed by atoms with Crippen LogP contribution < -0.4 is 21.0 Å². The zero-order chi connectivity index (χ0) is 26.0. The molecule has 3 fully saturated rings.